The molecule has 0 saturated carbocycles. The molecule has 0 heterocycles. The van der Waals surface area contributed by atoms with Crippen LogP contribution in [0.5, 0.6) is 0 Å². The Balaban J connectivity index is -0.000000437. The van der Waals surface area contributed by atoms with E-state index in [9.17, 15) is 9.59 Å². The first kappa shape index (κ1) is 37.9. The molecule has 0 radical (unpaired) electrons. The van der Waals surface area contributed by atoms with Gasteiger partial charge in [0.25, 0.3) is 0 Å². The van der Waals surface area contributed by atoms with Crippen LogP contribution in [-0.4, -0.2) is 17.0 Å². The van der Waals surface area contributed by atoms with Gasteiger partial charge in [0, 0.05) is 47.8 Å². The maximum atomic E-state index is 11.3. The molecule has 3 nitrogen and oxygen atoms in total. The molecule has 0 aromatic rings. The fourth-order valence-electron chi connectivity index (χ4n) is 1.26. The summed E-state index contributed by atoms with van der Waals surface area (Å²) in [7, 11) is 0. The molecular weight excluding hydrogens is 763 g/mol. The van der Waals surface area contributed by atoms with E-state index in [4.69, 9.17) is 101 Å². The summed E-state index contributed by atoms with van der Waals surface area (Å²) in [6.07, 6.45) is 9.34. The Kier molecular flexibility index (Phi) is 21.2. The van der Waals surface area contributed by atoms with E-state index in [0.717, 1.165) is 0 Å². The Bertz CT molecular complexity index is 1060. The fraction of sp³-hybridized carbons (Fsp3) is 0.273. The molecule has 0 bridgehead atoms. The summed E-state index contributed by atoms with van der Waals surface area (Å²) in [6, 6.07) is 0. The molecular formula is C11H14IKO3S13. The Hall–Kier alpha value is 4.40. The molecule has 0 aromatic carbocycles. The monoisotopic (exact) mass is 776 g/mol. The molecule has 0 fully saturated rings. The van der Waals surface area contributed by atoms with Gasteiger partial charge in [-0.15, -0.1) is 5.21 Å². The van der Waals surface area contributed by atoms with E-state index in [1.54, 1.807) is 31.2 Å². The average Bonchev–Trinajstić information content (AvgIpc) is 2.48. The number of Topliss-reactive ketones (excluding diaryl/α,β-unsaturated/α-hetero) is 1. The Morgan fingerprint density at radius 3 is 1.66 bits per heavy atom. The average molecular weight is 777 g/mol. The van der Waals surface area contributed by atoms with Gasteiger partial charge in [-0.1, -0.05) is 46.7 Å². The van der Waals surface area contributed by atoms with Crippen LogP contribution in [0.25, 0.3) is 0 Å². The Morgan fingerprint density at radius 1 is 0.897 bits per heavy atom. The van der Waals surface area contributed by atoms with E-state index in [-0.39, 0.29) is 68.4 Å². The third kappa shape index (κ3) is 12.8. The van der Waals surface area contributed by atoms with Gasteiger partial charge < -0.3 is 17.1 Å². The maximum absolute atomic E-state index is 11.3. The molecule has 2 N–H and O–H groups in total. The Labute approximate surface area is 269 Å². The molecule has 1 aliphatic rings. The molecule has 162 valence electrons. The van der Waals surface area contributed by atoms with Crippen molar-refractivity contribution in [3.8, 4) is 0 Å². The zero-order chi connectivity index (χ0) is 21.7. The number of carbonyl (C=O) groups is 2. The first-order chi connectivity index (χ1) is 11.9. The number of hydrogen-bond acceptors (Lipinski definition) is 11. The van der Waals surface area contributed by atoms with Gasteiger partial charge in [0.1, 0.15) is 0 Å². The summed E-state index contributed by atoms with van der Waals surface area (Å²) in [5.41, 5.74) is 0.546. The number of halogens is 1. The second-order valence-electron chi connectivity index (χ2n) is 4.60. The van der Waals surface area contributed by atoms with Crippen LogP contribution in [0.15, 0.2) is 36.0 Å². The molecule has 29 heavy (non-hydrogen) atoms. The van der Waals surface area contributed by atoms with Gasteiger partial charge in [-0.2, -0.15) is 0 Å². The van der Waals surface area contributed by atoms with E-state index in [1.165, 1.54) is 6.08 Å². The van der Waals surface area contributed by atoms with Gasteiger partial charge in [0.05, 0.1) is 0 Å². The second-order valence-corrected chi connectivity index (χ2v) is 53.0. The predicted octanol–water partition coefficient (Wildman–Crippen LogP) is -0.989. The SMILES string of the molecule is C/C1=C/C(=O)C/C=C\C=C/CC1=O.O.S=S(=S)([S-])S(=S)(=S)S(=S)(=S)S(=S)(=S)I.[K+]. The molecule has 0 amide bonds. The third-order valence-electron chi connectivity index (χ3n) is 2.57. The first-order valence-corrected chi connectivity index (χ1v) is 25.4. The molecule has 0 aromatic heterocycles. The van der Waals surface area contributed by atoms with Gasteiger partial charge in [-0.3, -0.25) is 9.59 Å². The van der Waals surface area contributed by atoms with Gasteiger partial charge in [0.2, 0.25) is 0 Å². The van der Waals surface area contributed by atoms with Gasteiger partial charge in [-0.25, -0.2) is 0 Å². The van der Waals surface area contributed by atoms with E-state index >= 15 is 0 Å². The predicted molar refractivity (Wildman–Crippen MR) is 165 cm³/mol. The Morgan fingerprint density at radius 2 is 1.31 bits per heavy atom. The second kappa shape index (κ2) is 16.2. The van der Waals surface area contributed by atoms with Crippen LogP contribution in [0.2, 0.25) is 0 Å². The van der Waals surface area contributed by atoms with Crippen LogP contribution in [0.3, 0.4) is 0 Å². The topological polar surface area (TPSA) is 65.6 Å². The number of allylic oxidation sites excluding steroid dienone is 6. The molecule has 0 atom stereocenters. The molecule has 18 heteroatoms. The van der Waals surface area contributed by atoms with Crippen LogP contribution in [0.4, 0.5) is 0 Å². The molecule has 0 saturated heterocycles. The number of ketones is 2. The summed E-state index contributed by atoms with van der Waals surface area (Å²) in [4.78, 5) is 22.4. The fourth-order valence-corrected chi connectivity index (χ4v) is 59.5. The molecule has 1 aliphatic carbocycles. The van der Waals surface area contributed by atoms with Crippen molar-refractivity contribution in [3.63, 3.8) is 0 Å². The third-order valence-corrected chi connectivity index (χ3v) is 69.8. The maximum Gasteiger partial charge on any atom is 1.00 e. The zero-order valence-electron chi connectivity index (χ0n) is 14.8. The van der Waals surface area contributed by atoms with Crippen molar-refractivity contribution in [1.82, 2.24) is 0 Å². The largest absolute Gasteiger partial charge is 1.00 e. The minimum absolute atomic E-state index is 0. The van der Waals surface area contributed by atoms with Crippen molar-refractivity contribution in [2.24, 2.45) is 0 Å². The molecule has 1 rings (SSSR count). The van der Waals surface area contributed by atoms with Crippen LogP contribution in [-0.2, 0) is 130 Å². The van der Waals surface area contributed by atoms with Crippen molar-refractivity contribution < 1.29 is 66.4 Å². The van der Waals surface area contributed by atoms with Crippen molar-refractivity contribution in [2.75, 3.05) is 0 Å². The van der Waals surface area contributed by atoms with E-state index < -0.39 is 19.0 Å². The molecule has 0 aliphatic heterocycles. The summed E-state index contributed by atoms with van der Waals surface area (Å²) in [6.45, 7) is 1.68. The number of rotatable bonds is 3. The normalized spacial score (nSPS) is 19.8. The van der Waals surface area contributed by atoms with E-state index in [2.05, 4.69) is 0 Å². The van der Waals surface area contributed by atoms with Crippen molar-refractivity contribution in [2.45, 2.75) is 19.8 Å². The van der Waals surface area contributed by atoms with E-state index in [1.807, 2.05) is 21.2 Å². The van der Waals surface area contributed by atoms with E-state index in [0.29, 0.717) is 18.4 Å². The van der Waals surface area contributed by atoms with Crippen LogP contribution < -0.4 is 51.4 Å². The first-order valence-electron chi connectivity index (χ1n) is 6.41. The number of carbonyl (C=O) groups excluding carboxylic acids is 2. The summed E-state index contributed by atoms with van der Waals surface area (Å²) >= 11 is 47.9. The zero-order valence-corrected chi connectivity index (χ0v) is 30.7. The van der Waals surface area contributed by atoms with Crippen molar-refractivity contribution in [3.05, 3.63) is 36.0 Å². The minimum Gasteiger partial charge on any atom is -0.694 e. The molecule has 0 spiro atoms. The van der Waals surface area contributed by atoms with Gasteiger partial charge >= 0.3 is 51.4 Å². The molecule has 0 unspecified atom stereocenters. The summed E-state index contributed by atoms with van der Waals surface area (Å²) in [5.74, 6) is -0.00250. The number of hydrogen-bond donors (Lipinski definition) is 0. The van der Waals surface area contributed by atoms with Crippen LogP contribution in [0.1, 0.15) is 19.8 Å². The standard InChI is InChI=1S/C11H12O2.HIS13.K.H2O/c1-9-8-10(12)6-4-2-3-5-7-11(9)13;1-11(2,3)13(7,8)14(9,10)12(4,5)6;;/h2-5,8H,6-7H2,1H3;(H,4,5,6);;1H2/q;;+1;/p-1/b4-2-,5-3-,9-8-;;;. The van der Waals surface area contributed by atoms with Gasteiger partial charge in [-0.05, 0) is 85.7 Å². The van der Waals surface area contributed by atoms with Crippen LogP contribution >= 0.6 is 21.2 Å². The smallest absolute Gasteiger partial charge is 0.694 e. The summed E-state index contributed by atoms with van der Waals surface area (Å²) < 4.78 is -2.04. The summed E-state index contributed by atoms with van der Waals surface area (Å²) in [5, 5.41) is -7.10. The van der Waals surface area contributed by atoms with Crippen LogP contribution in [0, 0.1) is 0 Å². The van der Waals surface area contributed by atoms with Gasteiger partial charge in [0.15, 0.2) is 11.6 Å². The van der Waals surface area contributed by atoms with Crippen molar-refractivity contribution in [1.29, 1.82) is 0 Å². The van der Waals surface area contributed by atoms with Crippen molar-refractivity contribution >= 4 is 153 Å². The quantitative estimate of drug-likeness (QED) is 0.117. The minimum atomic E-state index is -2.41.